The van der Waals surface area contributed by atoms with Gasteiger partial charge in [0.15, 0.2) is 6.20 Å². The highest BCUT2D eigenvalue weighted by atomic mass is 14.9. The summed E-state index contributed by atoms with van der Waals surface area (Å²) in [6.45, 7) is 23.7. The van der Waals surface area contributed by atoms with Gasteiger partial charge in [-0.1, -0.05) is 74.4 Å². The Morgan fingerprint density at radius 2 is 1.53 bits per heavy atom. The Balaban J connectivity index is 2.18. The summed E-state index contributed by atoms with van der Waals surface area (Å²) >= 11 is 0. The summed E-state index contributed by atoms with van der Waals surface area (Å²) < 4.78 is 2.38. The summed E-state index contributed by atoms with van der Waals surface area (Å²) in [6.07, 6.45) is 5.07. The molecule has 164 valence electrons. The van der Waals surface area contributed by atoms with Crippen LogP contribution in [0.25, 0.3) is 11.3 Å². The molecule has 1 fully saturated rings. The minimum atomic E-state index is 0.179. The van der Waals surface area contributed by atoms with Gasteiger partial charge in [-0.15, -0.1) is 0 Å². The lowest BCUT2D eigenvalue weighted by Crippen LogP contribution is -2.36. The molecular weight excluding hydrogens is 362 g/mol. The van der Waals surface area contributed by atoms with E-state index in [2.05, 4.69) is 111 Å². The number of hydrogen-bond donors (Lipinski definition) is 0. The number of nitrogens with zero attached hydrogens (tertiary/aromatic N) is 1. The molecule has 1 aromatic carbocycles. The van der Waals surface area contributed by atoms with Gasteiger partial charge in [-0.2, -0.15) is 0 Å². The second kappa shape index (κ2) is 7.50. The van der Waals surface area contributed by atoms with E-state index in [1.165, 1.54) is 40.8 Å². The molecule has 0 atom stereocenters. The van der Waals surface area contributed by atoms with E-state index in [0.717, 1.165) is 0 Å². The highest BCUT2D eigenvalue weighted by Crippen LogP contribution is 2.59. The van der Waals surface area contributed by atoms with Gasteiger partial charge in [-0.3, -0.25) is 0 Å². The predicted molar refractivity (Wildman–Crippen MR) is 130 cm³/mol. The molecule has 1 aliphatic carbocycles. The third-order valence-electron chi connectivity index (χ3n) is 7.62. The first kappa shape index (κ1) is 23.0. The summed E-state index contributed by atoms with van der Waals surface area (Å²) in [7, 11) is 2.23. The van der Waals surface area contributed by atoms with E-state index < -0.39 is 0 Å². The number of pyridine rings is 1. The molecule has 0 N–H and O–H groups in total. The van der Waals surface area contributed by atoms with E-state index >= 15 is 0 Å². The number of hydrogen-bond acceptors (Lipinski definition) is 0. The number of rotatable bonds is 3. The highest BCUT2D eigenvalue weighted by molar-refractivity contribution is 5.63. The van der Waals surface area contributed by atoms with Crippen molar-refractivity contribution >= 4 is 0 Å². The molecule has 0 spiro atoms. The molecule has 2 aromatic rings. The van der Waals surface area contributed by atoms with Gasteiger partial charge in [-0.05, 0) is 64.7 Å². The molecule has 1 aromatic heterocycles. The van der Waals surface area contributed by atoms with Gasteiger partial charge in [-0.25, -0.2) is 4.57 Å². The van der Waals surface area contributed by atoms with E-state index in [0.29, 0.717) is 22.7 Å². The van der Waals surface area contributed by atoms with E-state index in [4.69, 9.17) is 0 Å². The maximum absolute atomic E-state index is 2.49. The van der Waals surface area contributed by atoms with Gasteiger partial charge in [0, 0.05) is 23.1 Å². The van der Waals surface area contributed by atoms with Crippen molar-refractivity contribution in [1.82, 2.24) is 0 Å². The third-order valence-corrected chi connectivity index (χ3v) is 7.62. The van der Waals surface area contributed by atoms with Crippen LogP contribution >= 0.6 is 0 Å². The van der Waals surface area contributed by atoms with Gasteiger partial charge in [0.1, 0.15) is 7.05 Å². The van der Waals surface area contributed by atoms with Crippen molar-refractivity contribution in [2.24, 2.45) is 17.9 Å². The molecule has 3 rings (SSSR count). The fourth-order valence-electron chi connectivity index (χ4n) is 5.94. The summed E-state index contributed by atoms with van der Waals surface area (Å²) in [5.74, 6) is 1.10. The molecule has 1 saturated carbocycles. The molecule has 0 bridgehead atoms. The second-order valence-electron chi connectivity index (χ2n) is 12.5. The van der Waals surface area contributed by atoms with Crippen molar-refractivity contribution in [3.63, 3.8) is 0 Å². The average molecular weight is 407 g/mol. The molecule has 0 unspecified atom stereocenters. The third kappa shape index (κ3) is 4.10. The zero-order chi connectivity index (χ0) is 22.6. The Morgan fingerprint density at radius 1 is 0.967 bits per heavy atom. The van der Waals surface area contributed by atoms with Crippen molar-refractivity contribution in [2.45, 2.75) is 99.3 Å². The SMILES string of the molecule is Cc1cc(C(C)(C)C)ccc1-c1cc(C(C)C)c(C2C(C)(C)CCC2(C)C)c[n+]1C. The molecular formula is C29H44N+. The van der Waals surface area contributed by atoms with Crippen molar-refractivity contribution in [2.75, 3.05) is 0 Å². The molecule has 0 amide bonds. The van der Waals surface area contributed by atoms with Crippen LogP contribution in [0.4, 0.5) is 0 Å². The predicted octanol–water partition coefficient (Wildman–Crippen LogP) is 7.84. The van der Waals surface area contributed by atoms with Crippen molar-refractivity contribution in [1.29, 1.82) is 0 Å². The van der Waals surface area contributed by atoms with Crippen LogP contribution in [0.1, 0.15) is 109 Å². The molecule has 0 radical (unpaired) electrons. The van der Waals surface area contributed by atoms with E-state index in [-0.39, 0.29) is 5.41 Å². The Kier molecular flexibility index (Phi) is 5.76. The molecule has 30 heavy (non-hydrogen) atoms. The molecule has 0 aliphatic heterocycles. The molecule has 1 heteroatoms. The van der Waals surface area contributed by atoms with Gasteiger partial charge < -0.3 is 0 Å². The maximum atomic E-state index is 2.49. The normalized spacial score (nSPS) is 18.9. The van der Waals surface area contributed by atoms with Crippen LogP contribution in [-0.2, 0) is 12.5 Å². The van der Waals surface area contributed by atoms with Crippen LogP contribution in [0.5, 0.6) is 0 Å². The summed E-state index contributed by atoms with van der Waals surface area (Å²) in [6, 6.07) is 9.51. The molecule has 1 aliphatic rings. The Bertz CT molecular complexity index is 922. The molecule has 0 saturated heterocycles. The minimum absolute atomic E-state index is 0.179. The summed E-state index contributed by atoms with van der Waals surface area (Å²) in [5, 5.41) is 0. The quantitative estimate of drug-likeness (QED) is 0.457. The number of benzene rings is 1. The van der Waals surface area contributed by atoms with Crippen LogP contribution in [-0.4, -0.2) is 0 Å². The van der Waals surface area contributed by atoms with Crippen LogP contribution in [0.2, 0.25) is 0 Å². The fraction of sp³-hybridized carbons (Fsp3) is 0.621. The number of aromatic nitrogens is 1. The maximum Gasteiger partial charge on any atom is 0.212 e. The van der Waals surface area contributed by atoms with Crippen LogP contribution in [0.3, 0.4) is 0 Å². The smallest absolute Gasteiger partial charge is 0.201 e. The lowest BCUT2D eigenvalue weighted by Gasteiger charge is -2.36. The monoisotopic (exact) mass is 406 g/mol. The standard InChI is InChI=1S/C29H44N/c1-19(2)23-17-25(22-13-12-21(16-20(22)3)27(4,5)6)30(11)18-24(23)26-28(7,8)14-15-29(26,9)10/h12-13,16-19,26H,14-15H2,1-11H3/q+1. The van der Waals surface area contributed by atoms with Gasteiger partial charge >= 0.3 is 0 Å². The van der Waals surface area contributed by atoms with E-state index in [9.17, 15) is 0 Å². The first-order chi connectivity index (χ1) is 13.6. The van der Waals surface area contributed by atoms with Crippen molar-refractivity contribution in [3.8, 4) is 11.3 Å². The summed E-state index contributed by atoms with van der Waals surface area (Å²) in [4.78, 5) is 0. The minimum Gasteiger partial charge on any atom is -0.201 e. The van der Waals surface area contributed by atoms with E-state index in [1.807, 2.05) is 0 Å². The van der Waals surface area contributed by atoms with Crippen molar-refractivity contribution in [3.05, 3.63) is 52.7 Å². The molecule has 1 nitrogen and oxygen atoms in total. The lowest BCUT2D eigenvalue weighted by molar-refractivity contribution is -0.661. The van der Waals surface area contributed by atoms with E-state index in [1.54, 1.807) is 5.56 Å². The topological polar surface area (TPSA) is 3.88 Å². The first-order valence-electron chi connectivity index (χ1n) is 11.8. The number of aryl methyl sites for hydroxylation is 2. The fourth-order valence-corrected chi connectivity index (χ4v) is 5.94. The zero-order valence-corrected chi connectivity index (χ0v) is 21.4. The lowest BCUT2D eigenvalue weighted by atomic mass is 9.67. The van der Waals surface area contributed by atoms with Crippen LogP contribution < -0.4 is 4.57 Å². The van der Waals surface area contributed by atoms with Gasteiger partial charge in [0.05, 0.1) is 0 Å². The average Bonchev–Trinajstić information content (AvgIpc) is 2.81. The van der Waals surface area contributed by atoms with Crippen LogP contribution in [0, 0.1) is 17.8 Å². The Labute approximate surface area is 185 Å². The van der Waals surface area contributed by atoms with Crippen LogP contribution in [0.15, 0.2) is 30.5 Å². The zero-order valence-electron chi connectivity index (χ0n) is 21.4. The summed E-state index contributed by atoms with van der Waals surface area (Å²) in [5.41, 5.74) is 9.39. The van der Waals surface area contributed by atoms with Gasteiger partial charge in [0.2, 0.25) is 5.69 Å². The van der Waals surface area contributed by atoms with Crippen molar-refractivity contribution < 1.29 is 4.57 Å². The largest absolute Gasteiger partial charge is 0.212 e. The second-order valence-corrected chi connectivity index (χ2v) is 12.5. The highest BCUT2D eigenvalue weighted by Gasteiger charge is 2.49. The first-order valence-corrected chi connectivity index (χ1v) is 11.8. The molecule has 1 heterocycles. The van der Waals surface area contributed by atoms with Gasteiger partial charge in [0.25, 0.3) is 0 Å². The Morgan fingerprint density at radius 3 is 2.00 bits per heavy atom. The Hall–Kier alpha value is -1.63.